The van der Waals surface area contributed by atoms with Crippen molar-refractivity contribution in [1.29, 1.82) is 0 Å². The van der Waals surface area contributed by atoms with Gasteiger partial charge in [0, 0.05) is 17.8 Å². The number of carbonyl (C=O) groups is 2. The van der Waals surface area contributed by atoms with E-state index in [0.29, 0.717) is 22.7 Å². The molecule has 0 aliphatic carbocycles. The maximum Gasteiger partial charge on any atom is 0.265 e. The standard InChI is InChI=1S/C23H20N4O2S/c28-22(20-11-5-13-30-20)24-16-7-3-6-15(14-16)23(29)27-12-4-10-19(27)21-25-17-8-1-2-9-18(17)26-21/h1-3,5-9,11,13-14,19H,4,10,12H2,(H,24,28)(H,25,26). The van der Waals surface area contributed by atoms with E-state index < -0.39 is 0 Å². The lowest BCUT2D eigenvalue weighted by molar-refractivity contribution is 0.0730. The number of hydrogen-bond donors (Lipinski definition) is 2. The molecule has 0 bridgehead atoms. The molecule has 1 saturated heterocycles. The number of amides is 2. The summed E-state index contributed by atoms with van der Waals surface area (Å²) in [6.07, 6.45) is 1.81. The van der Waals surface area contributed by atoms with Crippen LogP contribution in [0.1, 0.15) is 44.7 Å². The average Bonchev–Trinajstić information content (AvgIpc) is 3.53. The molecule has 1 unspecified atom stereocenters. The SMILES string of the molecule is O=C(Nc1cccc(C(=O)N2CCCC2c2nc3ccccc3[nH]2)c1)c1cccs1. The molecule has 150 valence electrons. The van der Waals surface area contributed by atoms with E-state index >= 15 is 0 Å². The Morgan fingerprint density at radius 1 is 1.10 bits per heavy atom. The molecule has 1 fully saturated rings. The van der Waals surface area contributed by atoms with Gasteiger partial charge in [0.2, 0.25) is 0 Å². The van der Waals surface area contributed by atoms with Crippen molar-refractivity contribution < 1.29 is 9.59 Å². The molecule has 30 heavy (non-hydrogen) atoms. The van der Waals surface area contributed by atoms with E-state index in [0.717, 1.165) is 29.7 Å². The van der Waals surface area contributed by atoms with Gasteiger partial charge in [0.1, 0.15) is 5.82 Å². The van der Waals surface area contributed by atoms with Gasteiger partial charge in [-0.3, -0.25) is 9.59 Å². The fourth-order valence-electron chi connectivity index (χ4n) is 3.92. The van der Waals surface area contributed by atoms with Crippen molar-refractivity contribution in [2.45, 2.75) is 18.9 Å². The number of nitrogens with one attached hydrogen (secondary N) is 2. The van der Waals surface area contributed by atoms with Crippen LogP contribution in [0.25, 0.3) is 11.0 Å². The molecule has 2 N–H and O–H groups in total. The molecule has 1 aliphatic rings. The molecular formula is C23H20N4O2S. The van der Waals surface area contributed by atoms with Crippen LogP contribution < -0.4 is 5.32 Å². The number of rotatable bonds is 4. The van der Waals surface area contributed by atoms with Gasteiger partial charge in [-0.15, -0.1) is 11.3 Å². The summed E-state index contributed by atoms with van der Waals surface area (Å²) in [5.41, 5.74) is 3.05. The van der Waals surface area contributed by atoms with Crippen LogP contribution in [0.5, 0.6) is 0 Å². The molecule has 0 radical (unpaired) electrons. The minimum Gasteiger partial charge on any atom is -0.340 e. The van der Waals surface area contributed by atoms with Gasteiger partial charge < -0.3 is 15.2 Å². The number of imidazole rings is 1. The summed E-state index contributed by atoms with van der Waals surface area (Å²) < 4.78 is 0. The molecule has 0 spiro atoms. The number of aromatic nitrogens is 2. The van der Waals surface area contributed by atoms with Crippen molar-refractivity contribution in [2.24, 2.45) is 0 Å². The van der Waals surface area contributed by atoms with Crippen LogP contribution in [0, 0.1) is 0 Å². The van der Waals surface area contributed by atoms with E-state index in [1.54, 1.807) is 30.3 Å². The molecule has 4 aromatic rings. The summed E-state index contributed by atoms with van der Waals surface area (Å²) in [4.78, 5) is 36.2. The van der Waals surface area contributed by atoms with Crippen LogP contribution in [0.15, 0.2) is 66.0 Å². The second-order valence-corrected chi connectivity index (χ2v) is 8.26. The smallest absolute Gasteiger partial charge is 0.265 e. The minimum atomic E-state index is -0.170. The first-order valence-electron chi connectivity index (χ1n) is 9.89. The van der Waals surface area contributed by atoms with Gasteiger partial charge in [0.15, 0.2) is 0 Å². The van der Waals surface area contributed by atoms with Crippen LogP contribution in [0.2, 0.25) is 0 Å². The largest absolute Gasteiger partial charge is 0.340 e. The van der Waals surface area contributed by atoms with Crippen LogP contribution in [0.4, 0.5) is 5.69 Å². The number of hydrogen-bond acceptors (Lipinski definition) is 4. The first-order chi connectivity index (χ1) is 14.7. The zero-order chi connectivity index (χ0) is 20.5. The number of H-pyrrole nitrogens is 1. The van der Waals surface area contributed by atoms with Gasteiger partial charge >= 0.3 is 0 Å². The predicted octanol–water partition coefficient (Wildman–Crippen LogP) is 4.85. The summed E-state index contributed by atoms with van der Waals surface area (Å²) >= 11 is 1.38. The Morgan fingerprint density at radius 2 is 2.00 bits per heavy atom. The molecule has 1 aliphatic heterocycles. The number of fused-ring (bicyclic) bond motifs is 1. The number of para-hydroxylation sites is 2. The molecule has 2 amide bonds. The van der Waals surface area contributed by atoms with E-state index in [1.807, 2.05) is 40.6 Å². The lowest BCUT2D eigenvalue weighted by atomic mass is 10.1. The van der Waals surface area contributed by atoms with E-state index in [9.17, 15) is 9.59 Å². The fraction of sp³-hybridized carbons (Fsp3) is 0.174. The van der Waals surface area contributed by atoms with Gasteiger partial charge in [-0.05, 0) is 54.6 Å². The zero-order valence-corrected chi connectivity index (χ0v) is 17.0. The van der Waals surface area contributed by atoms with E-state index in [2.05, 4.69) is 10.3 Å². The molecule has 6 nitrogen and oxygen atoms in total. The van der Waals surface area contributed by atoms with Gasteiger partial charge in [-0.2, -0.15) is 0 Å². The van der Waals surface area contributed by atoms with Crippen LogP contribution >= 0.6 is 11.3 Å². The molecule has 5 rings (SSSR count). The maximum atomic E-state index is 13.3. The summed E-state index contributed by atoms with van der Waals surface area (Å²) in [5.74, 6) is 0.602. The Hall–Kier alpha value is -3.45. The van der Waals surface area contributed by atoms with Gasteiger partial charge in [-0.25, -0.2) is 4.98 Å². The molecular weight excluding hydrogens is 396 g/mol. The van der Waals surface area contributed by atoms with Crippen molar-refractivity contribution in [3.63, 3.8) is 0 Å². The van der Waals surface area contributed by atoms with E-state index in [1.165, 1.54) is 11.3 Å². The highest BCUT2D eigenvalue weighted by Gasteiger charge is 2.32. The topological polar surface area (TPSA) is 78.1 Å². The van der Waals surface area contributed by atoms with Crippen molar-refractivity contribution in [1.82, 2.24) is 14.9 Å². The normalized spacial score (nSPS) is 16.1. The van der Waals surface area contributed by atoms with Crippen molar-refractivity contribution in [2.75, 3.05) is 11.9 Å². The third-order valence-corrected chi connectivity index (χ3v) is 6.22. The van der Waals surface area contributed by atoms with Crippen molar-refractivity contribution in [3.05, 3.63) is 82.3 Å². The molecule has 7 heteroatoms. The highest BCUT2D eigenvalue weighted by molar-refractivity contribution is 7.12. The highest BCUT2D eigenvalue weighted by atomic mass is 32.1. The Kier molecular flexibility index (Phi) is 4.80. The third-order valence-electron chi connectivity index (χ3n) is 5.35. The highest BCUT2D eigenvalue weighted by Crippen LogP contribution is 2.33. The summed E-state index contributed by atoms with van der Waals surface area (Å²) in [6, 6.07) is 18.5. The minimum absolute atomic E-state index is 0.0508. The average molecular weight is 417 g/mol. The van der Waals surface area contributed by atoms with Crippen LogP contribution in [0.3, 0.4) is 0 Å². The lowest BCUT2D eigenvalue weighted by Crippen LogP contribution is -2.31. The number of aromatic amines is 1. The summed E-state index contributed by atoms with van der Waals surface area (Å²) in [7, 11) is 0. The van der Waals surface area contributed by atoms with Gasteiger partial charge in [0.25, 0.3) is 11.8 Å². The Balaban J connectivity index is 1.37. The summed E-state index contributed by atoms with van der Waals surface area (Å²) in [6.45, 7) is 0.687. The number of carbonyl (C=O) groups excluding carboxylic acids is 2. The second kappa shape index (κ2) is 7.76. The predicted molar refractivity (Wildman–Crippen MR) is 118 cm³/mol. The number of thiophene rings is 1. The Morgan fingerprint density at radius 3 is 2.83 bits per heavy atom. The molecule has 3 heterocycles. The number of likely N-dealkylation sites (tertiary alicyclic amines) is 1. The number of benzene rings is 2. The monoisotopic (exact) mass is 416 g/mol. The number of nitrogens with zero attached hydrogens (tertiary/aromatic N) is 2. The molecule has 0 saturated carbocycles. The van der Waals surface area contributed by atoms with Crippen LogP contribution in [-0.2, 0) is 0 Å². The van der Waals surface area contributed by atoms with E-state index in [-0.39, 0.29) is 17.9 Å². The molecule has 1 atom stereocenters. The second-order valence-electron chi connectivity index (χ2n) is 7.31. The van der Waals surface area contributed by atoms with Crippen molar-refractivity contribution >= 4 is 39.9 Å². The summed E-state index contributed by atoms with van der Waals surface area (Å²) in [5, 5.41) is 4.73. The first kappa shape index (κ1) is 18.6. The van der Waals surface area contributed by atoms with E-state index in [4.69, 9.17) is 4.98 Å². The Labute approximate surface area is 177 Å². The van der Waals surface area contributed by atoms with Gasteiger partial charge in [-0.1, -0.05) is 24.3 Å². The fourth-order valence-corrected chi connectivity index (χ4v) is 4.54. The molecule has 2 aromatic heterocycles. The zero-order valence-electron chi connectivity index (χ0n) is 16.2. The Bertz CT molecular complexity index is 1180. The first-order valence-corrected chi connectivity index (χ1v) is 10.8. The van der Waals surface area contributed by atoms with Gasteiger partial charge in [0.05, 0.1) is 22.0 Å². The van der Waals surface area contributed by atoms with Crippen LogP contribution in [-0.4, -0.2) is 33.2 Å². The quantitative estimate of drug-likeness (QED) is 0.499. The maximum absolute atomic E-state index is 13.3. The number of anilines is 1. The third kappa shape index (κ3) is 3.48. The molecule has 2 aromatic carbocycles. The van der Waals surface area contributed by atoms with Crippen molar-refractivity contribution in [3.8, 4) is 0 Å². The lowest BCUT2D eigenvalue weighted by Gasteiger charge is -2.23.